The van der Waals surface area contributed by atoms with E-state index in [2.05, 4.69) is 44.1 Å². The Hall–Kier alpha value is -2.77. The number of aromatic nitrogens is 7. The number of hydrogen-bond acceptors (Lipinski definition) is 6. The summed E-state index contributed by atoms with van der Waals surface area (Å²) in [6.45, 7) is 9.17. The van der Waals surface area contributed by atoms with E-state index in [-0.39, 0.29) is 0 Å². The lowest BCUT2D eigenvalue weighted by molar-refractivity contribution is 0.471. The summed E-state index contributed by atoms with van der Waals surface area (Å²) in [5.41, 5.74) is 0. The summed E-state index contributed by atoms with van der Waals surface area (Å²) in [7, 11) is 0. The number of nitrogens with zero attached hydrogens (tertiary/aromatic N) is 7. The predicted molar refractivity (Wildman–Crippen MR) is 105 cm³/mol. The molecule has 8 nitrogen and oxygen atoms in total. The van der Waals surface area contributed by atoms with E-state index in [0.717, 1.165) is 24.6 Å². The molecular formula is C19H28N8. The van der Waals surface area contributed by atoms with Gasteiger partial charge in [0, 0.05) is 31.3 Å². The van der Waals surface area contributed by atoms with Crippen LogP contribution in [0.3, 0.4) is 0 Å². The fourth-order valence-electron chi connectivity index (χ4n) is 3.01. The second-order valence-electron chi connectivity index (χ2n) is 6.75. The molecule has 0 aliphatic rings. The first-order valence-electron chi connectivity index (χ1n) is 9.63. The topological polar surface area (TPSA) is 86.3 Å². The quantitative estimate of drug-likeness (QED) is 0.622. The summed E-state index contributed by atoms with van der Waals surface area (Å²) in [6.07, 6.45) is 12.0. The Balaban J connectivity index is 1.91. The molecule has 0 radical (unpaired) electrons. The molecule has 0 saturated heterocycles. The molecule has 3 heterocycles. The van der Waals surface area contributed by atoms with Crippen molar-refractivity contribution in [3.05, 3.63) is 36.4 Å². The fourth-order valence-corrected chi connectivity index (χ4v) is 3.01. The minimum atomic E-state index is 0.548. The van der Waals surface area contributed by atoms with Crippen molar-refractivity contribution in [2.45, 2.75) is 53.4 Å². The molecule has 3 aromatic heterocycles. The molecule has 3 aromatic rings. The van der Waals surface area contributed by atoms with E-state index in [9.17, 15) is 0 Å². The maximum Gasteiger partial charge on any atom is 0.241 e. The van der Waals surface area contributed by atoms with Crippen LogP contribution in [0.5, 0.6) is 0 Å². The van der Waals surface area contributed by atoms with Crippen molar-refractivity contribution < 1.29 is 0 Å². The van der Waals surface area contributed by atoms with Crippen LogP contribution in [0.1, 0.15) is 51.2 Å². The summed E-state index contributed by atoms with van der Waals surface area (Å²) < 4.78 is 3.72. The Morgan fingerprint density at radius 1 is 0.926 bits per heavy atom. The SMILES string of the molecule is CCCCC(CC)CNc1nc(-n2ccnc2C)nc(-n2ccnc2C)n1. The molecular weight excluding hydrogens is 340 g/mol. The average molecular weight is 368 g/mol. The number of rotatable bonds is 9. The average Bonchev–Trinajstić information content (AvgIpc) is 3.29. The summed E-state index contributed by atoms with van der Waals surface area (Å²) in [5.74, 6) is 3.94. The maximum absolute atomic E-state index is 4.62. The Morgan fingerprint density at radius 2 is 1.52 bits per heavy atom. The van der Waals surface area contributed by atoms with E-state index in [4.69, 9.17) is 0 Å². The van der Waals surface area contributed by atoms with Crippen molar-refractivity contribution in [3.8, 4) is 11.9 Å². The lowest BCUT2D eigenvalue weighted by Gasteiger charge is -2.16. The standard InChI is InChI=1S/C19H28N8/c1-5-7-8-16(6-2)13-22-17-23-18(26-11-9-20-14(26)3)25-19(24-17)27-12-10-21-15(27)4/h9-12,16H,5-8,13H2,1-4H3,(H,22,23,24,25). The first-order valence-corrected chi connectivity index (χ1v) is 9.63. The molecule has 27 heavy (non-hydrogen) atoms. The smallest absolute Gasteiger partial charge is 0.241 e. The van der Waals surface area contributed by atoms with Crippen molar-refractivity contribution in [3.63, 3.8) is 0 Å². The van der Waals surface area contributed by atoms with Gasteiger partial charge in [0.15, 0.2) is 0 Å². The highest BCUT2D eigenvalue weighted by Gasteiger charge is 2.14. The van der Waals surface area contributed by atoms with Gasteiger partial charge in [-0.3, -0.25) is 9.13 Å². The highest BCUT2D eigenvalue weighted by Crippen LogP contribution is 2.16. The minimum Gasteiger partial charge on any atom is -0.354 e. The van der Waals surface area contributed by atoms with Gasteiger partial charge in [-0.1, -0.05) is 33.1 Å². The number of aryl methyl sites for hydroxylation is 2. The zero-order valence-electron chi connectivity index (χ0n) is 16.6. The number of hydrogen-bond donors (Lipinski definition) is 1. The molecule has 0 bridgehead atoms. The van der Waals surface area contributed by atoms with E-state index < -0.39 is 0 Å². The largest absolute Gasteiger partial charge is 0.354 e. The van der Waals surface area contributed by atoms with E-state index in [1.54, 1.807) is 12.4 Å². The fraction of sp³-hybridized carbons (Fsp3) is 0.526. The second-order valence-corrected chi connectivity index (χ2v) is 6.75. The van der Waals surface area contributed by atoms with E-state index in [0.29, 0.717) is 23.8 Å². The van der Waals surface area contributed by atoms with Crippen LogP contribution in [0.15, 0.2) is 24.8 Å². The predicted octanol–water partition coefficient (Wildman–Crippen LogP) is 3.49. The highest BCUT2D eigenvalue weighted by molar-refractivity contribution is 5.34. The molecule has 0 amide bonds. The monoisotopic (exact) mass is 368 g/mol. The molecule has 3 rings (SSSR count). The van der Waals surface area contributed by atoms with Gasteiger partial charge in [-0.15, -0.1) is 0 Å². The molecule has 8 heteroatoms. The zero-order chi connectivity index (χ0) is 19.2. The van der Waals surface area contributed by atoms with Crippen LogP contribution in [0.25, 0.3) is 11.9 Å². The normalized spacial score (nSPS) is 12.3. The van der Waals surface area contributed by atoms with Crippen molar-refractivity contribution in [1.29, 1.82) is 0 Å². The van der Waals surface area contributed by atoms with Gasteiger partial charge in [-0.2, -0.15) is 15.0 Å². The van der Waals surface area contributed by atoms with Crippen LogP contribution in [0, 0.1) is 19.8 Å². The summed E-state index contributed by atoms with van der Waals surface area (Å²) in [4.78, 5) is 22.4. The molecule has 0 aromatic carbocycles. The van der Waals surface area contributed by atoms with Crippen LogP contribution in [0.2, 0.25) is 0 Å². The molecule has 1 atom stereocenters. The van der Waals surface area contributed by atoms with Crippen LogP contribution < -0.4 is 5.32 Å². The minimum absolute atomic E-state index is 0.548. The van der Waals surface area contributed by atoms with Crippen molar-refractivity contribution in [1.82, 2.24) is 34.1 Å². The third kappa shape index (κ3) is 4.50. The molecule has 0 aliphatic heterocycles. The van der Waals surface area contributed by atoms with Crippen LogP contribution in [-0.4, -0.2) is 40.6 Å². The van der Waals surface area contributed by atoms with Crippen LogP contribution in [0.4, 0.5) is 5.95 Å². The zero-order valence-corrected chi connectivity index (χ0v) is 16.6. The Kier molecular flexibility index (Phi) is 6.16. The summed E-state index contributed by atoms with van der Waals surface area (Å²) in [6, 6.07) is 0. The molecule has 1 N–H and O–H groups in total. The summed E-state index contributed by atoms with van der Waals surface area (Å²) in [5, 5.41) is 3.42. The molecule has 0 aliphatic carbocycles. The van der Waals surface area contributed by atoms with E-state index in [1.807, 2.05) is 35.4 Å². The maximum atomic E-state index is 4.62. The van der Waals surface area contributed by atoms with E-state index in [1.165, 1.54) is 19.3 Å². The van der Waals surface area contributed by atoms with Gasteiger partial charge < -0.3 is 5.32 Å². The van der Waals surface area contributed by atoms with Crippen molar-refractivity contribution >= 4 is 5.95 Å². The number of imidazole rings is 2. The van der Waals surface area contributed by atoms with Gasteiger partial charge >= 0.3 is 0 Å². The Bertz CT molecular complexity index is 808. The first kappa shape index (κ1) is 19.0. The first-order chi connectivity index (χ1) is 13.1. The lowest BCUT2D eigenvalue weighted by atomic mass is 9.99. The Morgan fingerprint density at radius 3 is 1.96 bits per heavy atom. The van der Waals surface area contributed by atoms with E-state index >= 15 is 0 Å². The van der Waals surface area contributed by atoms with Gasteiger partial charge in [0.25, 0.3) is 0 Å². The molecule has 0 fully saturated rings. The number of nitrogens with one attached hydrogen (secondary N) is 1. The van der Waals surface area contributed by atoms with Crippen molar-refractivity contribution in [2.24, 2.45) is 5.92 Å². The summed E-state index contributed by atoms with van der Waals surface area (Å²) >= 11 is 0. The molecule has 0 saturated carbocycles. The molecule has 0 spiro atoms. The van der Waals surface area contributed by atoms with Gasteiger partial charge in [0.05, 0.1) is 0 Å². The third-order valence-electron chi connectivity index (χ3n) is 4.79. The third-order valence-corrected chi connectivity index (χ3v) is 4.79. The van der Waals surface area contributed by atoms with Gasteiger partial charge in [0.1, 0.15) is 11.6 Å². The van der Waals surface area contributed by atoms with Crippen LogP contribution >= 0.6 is 0 Å². The van der Waals surface area contributed by atoms with Crippen LogP contribution in [-0.2, 0) is 0 Å². The van der Waals surface area contributed by atoms with Gasteiger partial charge in [-0.05, 0) is 26.2 Å². The van der Waals surface area contributed by atoms with Gasteiger partial charge in [-0.25, -0.2) is 9.97 Å². The number of unbranched alkanes of at least 4 members (excludes halogenated alkanes) is 1. The lowest BCUT2D eigenvalue weighted by Crippen LogP contribution is -2.18. The highest BCUT2D eigenvalue weighted by atomic mass is 15.3. The molecule has 1 unspecified atom stereocenters. The Labute approximate surface area is 160 Å². The number of anilines is 1. The second kappa shape index (κ2) is 8.75. The van der Waals surface area contributed by atoms with Crippen molar-refractivity contribution in [2.75, 3.05) is 11.9 Å². The molecule has 144 valence electrons. The van der Waals surface area contributed by atoms with Gasteiger partial charge in [0.2, 0.25) is 17.8 Å².